The molecule has 4 aliphatic heterocycles. The maximum atomic E-state index is 16.9. The molecule has 3 aromatic carbocycles. The Kier molecular flexibility index (Phi) is 8.47. The highest BCUT2D eigenvalue weighted by atomic mass is 19.1. The van der Waals surface area contributed by atoms with Crippen molar-refractivity contribution < 1.29 is 32.9 Å². The minimum Gasteiger partial charge on any atom is -0.508 e. The first-order valence-electron chi connectivity index (χ1n) is 17.5. The van der Waals surface area contributed by atoms with Crippen molar-refractivity contribution in [2.45, 2.75) is 68.9 Å². The number of carbonyl (C=O) groups is 1. The number of alkyl halides is 1. The molecule has 4 aliphatic rings. The van der Waals surface area contributed by atoms with Gasteiger partial charge in [0.1, 0.15) is 35.7 Å². The number of hydrogen-bond donors (Lipinski definition) is 3. The van der Waals surface area contributed by atoms with Crippen molar-refractivity contribution in [2.75, 3.05) is 50.8 Å². The topological polar surface area (TPSA) is 114 Å². The number of carbonyl (C=O) groups excluding carboxylic acids is 1. The van der Waals surface area contributed by atoms with E-state index in [0.29, 0.717) is 49.2 Å². The van der Waals surface area contributed by atoms with Gasteiger partial charge >= 0.3 is 6.01 Å². The summed E-state index contributed by atoms with van der Waals surface area (Å²) in [5.41, 5.74) is -0.177. The lowest BCUT2D eigenvalue weighted by molar-refractivity contribution is -0.119. The lowest BCUT2D eigenvalue weighted by Crippen LogP contribution is -2.56. The normalized spacial score (nSPS) is 25.8. The number of aliphatic hydroxyl groups is 1. The van der Waals surface area contributed by atoms with Crippen LogP contribution in [0.5, 0.6) is 11.8 Å². The van der Waals surface area contributed by atoms with Crippen molar-refractivity contribution in [2.24, 2.45) is 0 Å². The number of benzene rings is 3. The summed E-state index contributed by atoms with van der Waals surface area (Å²) < 4.78 is 52.9. The number of rotatable bonds is 9. The fourth-order valence-corrected chi connectivity index (χ4v) is 8.90. The molecule has 5 atom stereocenters. The Morgan fingerprint density at radius 1 is 1.10 bits per heavy atom. The number of phenolic OH excluding ortho intramolecular Hbond substituents is 1. The average Bonchev–Trinajstić information content (AvgIpc) is 3.67. The number of anilines is 1. The van der Waals surface area contributed by atoms with Gasteiger partial charge in [0.05, 0.1) is 11.6 Å². The summed E-state index contributed by atoms with van der Waals surface area (Å²) in [7, 11) is 0. The van der Waals surface area contributed by atoms with Gasteiger partial charge in [0.25, 0.3) is 0 Å². The van der Waals surface area contributed by atoms with Crippen LogP contribution in [0.4, 0.5) is 19.0 Å². The predicted molar refractivity (Wildman–Crippen MR) is 183 cm³/mol. The van der Waals surface area contributed by atoms with Crippen LogP contribution >= 0.6 is 0 Å². The minimum atomic E-state index is -0.937. The molecule has 50 heavy (non-hydrogen) atoms. The maximum absolute atomic E-state index is 16.9. The van der Waals surface area contributed by atoms with Crippen molar-refractivity contribution >= 4 is 33.4 Å². The fourth-order valence-electron chi connectivity index (χ4n) is 8.90. The molecule has 0 spiro atoms. The van der Waals surface area contributed by atoms with Gasteiger partial charge in [-0.1, -0.05) is 18.2 Å². The van der Waals surface area contributed by atoms with Crippen LogP contribution in [0, 0.1) is 11.6 Å². The number of halogens is 3. The summed E-state index contributed by atoms with van der Waals surface area (Å²) in [6.45, 7) is 4.50. The predicted octanol–water partition coefficient (Wildman–Crippen LogP) is 4.54. The van der Waals surface area contributed by atoms with Gasteiger partial charge < -0.3 is 25.2 Å². The number of hydrogen-bond acceptors (Lipinski definition) is 9. The van der Waals surface area contributed by atoms with Crippen LogP contribution in [-0.4, -0.2) is 112 Å². The van der Waals surface area contributed by atoms with Crippen molar-refractivity contribution in [3.8, 4) is 22.9 Å². The minimum absolute atomic E-state index is 0.00593. The van der Waals surface area contributed by atoms with Crippen LogP contribution in [0.2, 0.25) is 0 Å². The molecule has 13 heteroatoms. The van der Waals surface area contributed by atoms with Crippen LogP contribution in [0.25, 0.3) is 32.8 Å². The Bertz CT molecular complexity index is 1950. The third-order valence-corrected chi connectivity index (χ3v) is 11.1. The smallest absolute Gasteiger partial charge is 0.319 e. The molecule has 0 unspecified atom stereocenters. The number of amides is 1. The highest BCUT2D eigenvalue weighted by molar-refractivity contribution is 6.01. The van der Waals surface area contributed by atoms with E-state index in [9.17, 15) is 19.4 Å². The molecule has 264 valence electrons. The highest BCUT2D eigenvalue weighted by Gasteiger charge is 2.49. The van der Waals surface area contributed by atoms with E-state index in [0.717, 1.165) is 32.2 Å². The third-order valence-electron chi connectivity index (χ3n) is 11.1. The molecule has 0 saturated carbocycles. The molecule has 1 aromatic heterocycles. The van der Waals surface area contributed by atoms with Gasteiger partial charge in [-0.3, -0.25) is 14.6 Å². The molecule has 1 amide bonds. The summed E-state index contributed by atoms with van der Waals surface area (Å²) in [4.78, 5) is 27.4. The van der Waals surface area contributed by atoms with E-state index in [2.05, 4.69) is 25.0 Å². The van der Waals surface area contributed by atoms with E-state index < -0.39 is 29.4 Å². The average molecular weight is 691 g/mol. The zero-order valence-electron chi connectivity index (χ0n) is 27.9. The van der Waals surface area contributed by atoms with E-state index >= 15 is 8.78 Å². The van der Waals surface area contributed by atoms with Crippen LogP contribution in [0.3, 0.4) is 0 Å². The summed E-state index contributed by atoms with van der Waals surface area (Å²) >= 11 is 0. The monoisotopic (exact) mass is 690 g/mol. The molecule has 0 aliphatic carbocycles. The number of ether oxygens (including phenoxy) is 1. The van der Waals surface area contributed by atoms with E-state index in [-0.39, 0.29) is 64.9 Å². The van der Waals surface area contributed by atoms with Crippen LogP contribution < -0.4 is 15.0 Å². The van der Waals surface area contributed by atoms with Crippen LogP contribution in [-0.2, 0) is 4.79 Å². The Hall–Kier alpha value is -4.20. The number of aliphatic hydroxyl groups excluding tert-OH is 1. The largest absolute Gasteiger partial charge is 0.508 e. The lowest BCUT2D eigenvalue weighted by Gasteiger charge is -2.42. The molecule has 8 rings (SSSR count). The fraction of sp³-hybridized carbons (Fsp3) is 0.486. The summed E-state index contributed by atoms with van der Waals surface area (Å²) in [5, 5.41) is 24.9. The molecule has 3 N–H and O–H groups in total. The van der Waals surface area contributed by atoms with Crippen molar-refractivity contribution in [3.63, 3.8) is 0 Å². The zero-order valence-corrected chi connectivity index (χ0v) is 27.9. The number of piperazine rings is 1. The number of phenols is 1. The molecule has 4 saturated heterocycles. The molecular weight excluding hydrogens is 649 g/mol. The first-order valence-corrected chi connectivity index (χ1v) is 17.5. The second kappa shape index (κ2) is 12.8. The Labute approximate surface area is 287 Å². The SMILES string of the molecule is CC(=O)NC[C@H](O)CN1[C@@H]2CC[C@H]1CN(c1nc(OC[C@@]34CCCN3C[C@H](F)C4)nc3c(F)c(-c4cc(O)cc5cccc(F)c45)ccc13)C2. The van der Waals surface area contributed by atoms with Crippen molar-refractivity contribution in [1.29, 1.82) is 0 Å². The number of aromatic hydroxyl groups is 1. The summed E-state index contributed by atoms with van der Waals surface area (Å²) in [6.07, 6.45) is 2.28. The second-order valence-electron chi connectivity index (χ2n) is 14.4. The van der Waals surface area contributed by atoms with E-state index in [1.54, 1.807) is 18.2 Å². The van der Waals surface area contributed by atoms with Crippen molar-refractivity contribution in [3.05, 3.63) is 54.1 Å². The van der Waals surface area contributed by atoms with Gasteiger partial charge in [0, 0.05) is 74.5 Å². The number of aromatic nitrogens is 2. The summed E-state index contributed by atoms with van der Waals surface area (Å²) in [5.74, 6) is -1.04. The van der Waals surface area contributed by atoms with Gasteiger partial charge in [-0.05, 0) is 67.4 Å². The first-order chi connectivity index (χ1) is 24.1. The summed E-state index contributed by atoms with van der Waals surface area (Å²) in [6, 6.07) is 10.8. The van der Waals surface area contributed by atoms with Gasteiger partial charge in [-0.15, -0.1) is 0 Å². The second-order valence-corrected chi connectivity index (χ2v) is 14.4. The standard InChI is InChI=1S/C37H41F3N6O4/c1-21(47)41-15-27(49)19-46-24-6-7-25(46)18-44(17-24)35-29-9-8-28(30-13-26(48)12-22-4-2-5-31(39)32(22)30)33(40)34(29)42-36(43-35)50-20-37-10-3-11-45(37)16-23(38)14-37/h2,4-5,8-9,12-13,23-25,27,48-49H,3,6-7,10-11,14-20H2,1H3,(H,41,47)/t23-,24-,25+,27+,37+/m1/s1. The molecule has 5 heterocycles. The van der Waals surface area contributed by atoms with E-state index in [1.807, 2.05) is 0 Å². The van der Waals surface area contributed by atoms with E-state index in [4.69, 9.17) is 9.72 Å². The Morgan fingerprint density at radius 2 is 1.90 bits per heavy atom. The highest BCUT2D eigenvalue weighted by Crippen LogP contribution is 2.43. The van der Waals surface area contributed by atoms with Crippen molar-refractivity contribution in [1.82, 2.24) is 25.1 Å². The third kappa shape index (κ3) is 5.88. The quantitative estimate of drug-likeness (QED) is 0.233. The molecule has 4 fully saturated rings. The Balaban J connectivity index is 1.17. The van der Waals surface area contributed by atoms with Gasteiger partial charge in [0.2, 0.25) is 5.91 Å². The molecule has 0 radical (unpaired) electrons. The number of nitrogens with one attached hydrogen (secondary N) is 1. The maximum Gasteiger partial charge on any atom is 0.319 e. The van der Waals surface area contributed by atoms with Gasteiger partial charge in [0.15, 0.2) is 5.82 Å². The lowest BCUT2D eigenvalue weighted by atomic mass is 9.95. The molecule has 2 bridgehead atoms. The van der Waals surface area contributed by atoms with Gasteiger partial charge in [-0.2, -0.15) is 9.97 Å². The Morgan fingerprint density at radius 3 is 2.68 bits per heavy atom. The van der Waals surface area contributed by atoms with Gasteiger partial charge in [-0.25, -0.2) is 13.2 Å². The molecular formula is C37H41F3N6O4. The first kappa shape index (κ1) is 33.0. The van der Waals surface area contributed by atoms with Crippen LogP contribution in [0.1, 0.15) is 39.0 Å². The van der Waals surface area contributed by atoms with Crippen LogP contribution in [0.15, 0.2) is 42.5 Å². The number of nitrogens with zero attached hydrogens (tertiary/aromatic N) is 5. The zero-order chi connectivity index (χ0) is 34.7. The van der Waals surface area contributed by atoms with E-state index in [1.165, 1.54) is 31.2 Å². The molecule has 4 aromatic rings. The number of fused-ring (bicyclic) bond motifs is 5. The molecule has 10 nitrogen and oxygen atoms in total.